The highest BCUT2D eigenvalue weighted by molar-refractivity contribution is 5.88. The standard InChI is InChI=1S/C35H55N5O7/c1-5-8-30(39-33(45)47-18-17-46-16-15-37-40-36)38-31(44)10-7-6-9-22(2)25-11-12-26-32-27(21-29(43)35(25,26)4)34(3)14-13-24(41)19-23(34)20-28(32)42/h1,7,10,22-30,32,41-43H,6,8-9,11-21H2,2-4H3,(H,38,44)(H,39,45). The third-order valence-electron chi connectivity index (χ3n) is 12.4. The Morgan fingerprint density at radius 3 is 2.64 bits per heavy atom. The van der Waals surface area contributed by atoms with Crippen molar-refractivity contribution in [1.29, 1.82) is 0 Å². The molecule has 0 aliphatic heterocycles. The summed E-state index contributed by atoms with van der Waals surface area (Å²) in [6.07, 6.45) is 13.7. The summed E-state index contributed by atoms with van der Waals surface area (Å²) in [7, 11) is 0. The Morgan fingerprint density at radius 2 is 1.89 bits per heavy atom. The van der Waals surface area contributed by atoms with Crippen LogP contribution in [0.3, 0.4) is 0 Å². The highest BCUT2D eigenvalue weighted by Crippen LogP contribution is 2.68. The molecule has 0 bridgehead atoms. The predicted octanol–water partition coefficient (Wildman–Crippen LogP) is 4.44. The van der Waals surface area contributed by atoms with Crippen LogP contribution in [-0.4, -0.2) is 78.2 Å². The number of carbonyl (C=O) groups excluding carboxylic acids is 2. The lowest BCUT2D eigenvalue weighted by atomic mass is 9.43. The Labute approximate surface area is 279 Å². The molecule has 0 spiro atoms. The molecule has 262 valence electrons. The van der Waals surface area contributed by atoms with E-state index in [-0.39, 0.29) is 79.5 Å². The van der Waals surface area contributed by atoms with Crippen LogP contribution in [0.1, 0.15) is 85.0 Å². The lowest BCUT2D eigenvalue weighted by Gasteiger charge is -2.63. The minimum absolute atomic E-state index is 0.0125. The molecular weight excluding hydrogens is 602 g/mol. The summed E-state index contributed by atoms with van der Waals surface area (Å²) in [5.41, 5.74) is 8.03. The van der Waals surface area contributed by atoms with Crippen molar-refractivity contribution in [1.82, 2.24) is 10.6 Å². The van der Waals surface area contributed by atoms with Crippen molar-refractivity contribution in [3.05, 3.63) is 22.6 Å². The number of aliphatic hydroxyl groups excluding tert-OH is 3. The Morgan fingerprint density at radius 1 is 1.11 bits per heavy atom. The molecule has 4 aliphatic rings. The van der Waals surface area contributed by atoms with Crippen LogP contribution in [0.2, 0.25) is 0 Å². The molecule has 12 atom stereocenters. The van der Waals surface area contributed by atoms with Crippen LogP contribution in [0.5, 0.6) is 0 Å². The summed E-state index contributed by atoms with van der Waals surface area (Å²) < 4.78 is 10.2. The third-order valence-corrected chi connectivity index (χ3v) is 12.4. The number of rotatable bonds is 14. The molecule has 2 amide bonds. The number of amides is 2. The Hall–Kier alpha value is -2.81. The number of nitrogens with zero attached hydrogens (tertiary/aromatic N) is 3. The van der Waals surface area contributed by atoms with Gasteiger partial charge in [0.15, 0.2) is 0 Å². The number of ether oxygens (including phenoxy) is 2. The molecular formula is C35H55N5O7. The maximum atomic E-state index is 12.6. The van der Waals surface area contributed by atoms with Gasteiger partial charge < -0.3 is 35.4 Å². The van der Waals surface area contributed by atoms with Gasteiger partial charge in [0.1, 0.15) is 12.8 Å². The number of allylic oxidation sites excluding steroid dienone is 1. The van der Waals surface area contributed by atoms with E-state index in [4.69, 9.17) is 21.4 Å². The lowest BCUT2D eigenvalue weighted by Crippen LogP contribution is -2.62. The molecule has 5 N–H and O–H groups in total. The van der Waals surface area contributed by atoms with E-state index >= 15 is 0 Å². The van der Waals surface area contributed by atoms with Crippen molar-refractivity contribution in [2.45, 2.75) is 109 Å². The second-order valence-corrected chi connectivity index (χ2v) is 14.8. The molecule has 4 rings (SSSR count). The van der Waals surface area contributed by atoms with Crippen molar-refractivity contribution in [2.75, 3.05) is 26.4 Å². The van der Waals surface area contributed by atoms with Crippen LogP contribution in [-0.2, 0) is 14.3 Å². The van der Waals surface area contributed by atoms with E-state index in [0.29, 0.717) is 30.6 Å². The van der Waals surface area contributed by atoms with Gasteiger partial charge in [-0.3, -0.25) is 4.79 Å². The van der Waals surface area contributed by atoms with E-state index in [1.165, 1.54) is 6.08 Å². The predicted molar refractivity (Wildman–Crippen MR) is 176 cm³/mol. The first-order valence-electron chi connectivity index (χ1n) is 17.4. The highest BCUT2D eigenvalue weighted by Gasteiger charge is 2.65. The van der Waals surface area contributed by atoms with E-state index in [1.54, 1.807) is 0 Å². The first kappa shape index (κ1) is 37.0. The van der Waals surface area contributed by atoms with E-state index in [1.807, 2.05) is 6.08 Å². The number of alkyl carbamates (subject to hydrolysis) is 1. The fraction of sp³-hybridized carbons (Fsp3) is 0.829. The molecule has 47 heavy (non-hydrogen) atoms. The van der Waals surface area contributed by atoms with Gasteiger partial charge in [0.05, 0.1) is 31.5 Å². The molecule has 0 aromatic heterocycles. The van der Waals surface area contributed by atoms with Gasteiger partial charge in [0.2, 0.25) is 5.91 Å². The highest BCUT2D eigenvalue weighted by atomic mass is 16.6. The first-order chi connectivity index (χ1) is 22.4. The number of hydrogen-bond acceptors (Lipinski definition) is 8. The van der Waals surface area contributed by atoms with Crippen molar-refractivity contribution >= 4 is 12.0 Å². The zero-order chi connectivity index (χ0) is 34.2. The topological polar surface area (TPSA) is 186 Å². The van der Waals surface area contributed by atoms with E-state index in [9.17, 15) is 24.9 Å². The fourth-order valence-corrected chi connectivity index (χ4v) is 9.99. The van der Waals surface area contributed by atoms with E-state index in [2.05, 4.69) is 47.4 Å². The number of nitrogens with one attached hydrogen (secondary N) is 2. The van der Waals surface area contributed by atoms with Crippen LogP contribution in [0.15, 0.2) is 17.3 Å². The number of hydrogen-bond donors (Lipinski definition) is 5. The molecule has 4 saturated carbocycles. The van der Waals surface area contributed by atoms with Crippen LogP contribution in [0, 0.1) is 58.7 Å². The van der Waals surface area contributed by atoms with Gasteiger partial charge in [0, 0.05) is 17.9 Å². The number of azide groups is 1. The molecule has 4 fully saturated rings. The number of fused-ring (bicyclic) bond motifs is 5. The van der Waals surface area contributed by atoms with Gasteiger partial charge in [0.25, 0.3) is 0 Å². The maximum absolute atomic E-state index is 12.6. The van der Waals surface area contributed by atoms with Gasteiger partial charge in [-0.05, 0) is 116 Å². The van der Waals surface area contributed by atoms with Crippen molar-refractivity contribution < 1.29 is 34.4 Å². The molecule has 12 heteroatoms. The molecule has 0 heterocycles. The largest absolute Gasteiger partial charge is 0.447 e. The maximum Gasteiger partial charge on any atom is 0.408 e. The van der Waals surface area contributed by atoms with Gasteiger partial charge in [-0.15, -0.1) is 12.3 Å². The van der Waals surface area contributed by atoms with Gasteiger partial charge in [-0.25, -0.2) is 4.79 Å². The van der Waals surface area contributed by atoms with Crippen LogP contribution in [0.25, 0.3) is 10.4 Å². The smallest absolute Gasteiger partial charge is 0.408 e. The quantitative estimate of drug-likeness (QED) is 0.0347. The van der Waals surface area contributed by atoms with Crippen molar-refractivity contribution in [3.8, 4) is 12.3 Å². The minimum Gasteiger partial charge on any atom is -0.447 e. The van der Waals surface area contributed by atoms with Crippen LogP contribution in [0.4, 0.5) is 4.79 Å². The first-order valence-corrected chi connectivity index (χ1v) is 17.4. The fourth-order valence-electron chi connectivity index (χ4n) is 9.99. The molecule has 12 unspecified atom stereocenters. The summed E-state index contributed by atoms with van der Waals surface area (Å²) in [6, 6.07) is 0. The van der Waals surface area contributed by atoms with Gasteiger partial charge >= 0.3 is 6.09 Å². The molecule has 4 aliphatic carbocycles. The zero-order valence-electron chi connectivity index (χ0n) is 28.2. The van der Waals surface area contributed by atoms with Gasteiger partial charge in [-0.2, -0.15) is 0 Å². The van der Waals surface area contributed by atoms with Crippen LogP contribution < -0.4 is 10.6 Å². The lowest BCUT2D eigenvalue weighted by molar-refractivity contribution is -0.207. The van der Waals surface area contributed by atoms with E-state index < -0.39 is 18.4 Å². The third kappa shape index (κ3) is 8.44. The van der Waals surface area contributed by atoms with Crippen LogP contribution >= 0.6 is 0 Å². The number of aliphatic hydroxyl groups is 3. The van der Waals surface area contributed by atoms with Crippen molar-refractivity contribution in [2.24, 2.45) is 51.5 Å². The molecule has 0 aromatic carbocycles. The SMILES string of the molecule is C#CCC(NC(=O)C=CCCC(C)C1CCC2C3C(O)CC4CC(O)CCC4(C)C3CC(O)C12C)NC(=O)OCCOCCN=[N+]=[N-]. The summed E-state index contributed by atoms with van der Waals surface area (Å²) in [6.45, 7) is 7.38. The van der Waals surface area contributed by atoms with Crippen molar-refractivity contribution in [3.63, 3.8) is 0 Å². The average molecular weight is 658 g/mol. The average Bonchev–Trinajstić information content (AvgIpc) is 3.38. The molecule has 0 saturated heterocycles. The molecule has 0 aromatic rings. The Bertz CT molecular complexity index is 1200. The second-order valence-electron chi connectivity index (χ2n) is 14.8. The normalized spacial score (nSPS) is 37.3. The Kier molecular flexibility index (Phi) is 13.0. The summed E-state index contributed by atoms with van der Waals surface area (Å²) in [5, 5.41) is 42.2. The van der Waals surface area contributed by atoms with Gasteiger partial charge in [-0.1, -0.05) is 32.0 Å². The van der Waals surface area contributed by atoms with E-state index in [0.717, 1.165) is 44.9 Å². The number of terminal acetylenes is 1. The monoisotopic (exact) mass is 657 g/mol. The summed E-state index contributed by atoms with van der Waals surface area (Å²) in [5.74, 6) is 3.74. The minimum atomic E-state index is -0.798. The molecule has 12 nitrogen and oxygen atoms in total. The second kappa shape index (κ2) is 16.5. The Balaban J connectivity index is 1.25. The summed E-state index contributed by atoms with van der Waals surface area (Å²) >= 11 is 0. The molecule has 0 radical (unpaired) electrons. The number of carbonyl (C=O) groups is 2. The summed E-state index contributed by atoms with van der Waals surface area (Å²) in [4.78, 5) is 27.3. The zero-order valence-corrected chi connectivity index (χ0v) is 28.2.